The normalized spacial score (nSPS) is 16.1. The largest absolute Gasteiger partial charge is 0.495 e. The first kappa shape index (κ1) is 16.4. The molecule has 132 valence electrons. The number of halogens is 1. The lowest BCUT2D eigenvalue weighted by Gasteiger charge is -2.25. The maximum atomic E-state index is 12.9. The molecule has 0 saturated carbocycles. The zero-order chi connectivity index (χ0) is 18.3. The van der Waals surface area contributed by atoms with Crippen LogP contribution in [0.15, 0.2) is 42.5 Å². The third-order valence-electron chi connectivity index (χ3n) is 4.26. The molecule has 26 heavy (non-hydrogen) atoms. The molecule has 0 fully saturated rings. The van der Waals surface area contributed by atoms with Crippen LogP contribution in [-0.4, -0.2) is 28.5 Å². The number of carbonyl (C=O) groups excluding carboxylic acids is 2. The Hall–Kier alpha value is -3.06. The van der Waals surface area contributed by atoms with Crippen LogP contribution in [0.5, 0.6) is 5.75 Å². The van der Waals surface area contributed by atoms with E-state index < -0.39 is 6.04 Å². The summed E-state index contributed by atoms with van der Waals surface area (Å²) in [5.74, 6) is 0.325. The van der Waals surface area contributed by atoms with E-state index in [0.29, 0.717) is 22.4 Å². The molecule has 1 atom stereocenters. The predicted octanol–water partition coefficient (Wildman–Crippen LogP) is 3.22. The van der Waals surface area contributed by atoms with Gasteiger partial charge in [-0.15, -0.1) is 0 Å². The number of ether oxygens (including phenoxy) is 1. The maximum absolute atomic E-state index is 12.9. The molecule has 0 spiro atoms. The van der Waals surface area contributed by atoms with E-state index in [1.165, 1.54) is 7.11 Å². The average molecular weight is 371 g/mol. The van der Waals surface area contributed by atoms with Gasteiger partial charge in [-0.25, -0.2) is 4.98 Å². The van der Waals surface area contributed by atoms with Crippen LogP contribution in [-0.2, 0) is 9.59 Å². The summed E-state index contributed by atoms with van der Waals surface area (Å²) in [5, 5.41) is 5.92. The van der Waals surface area contributed by atoms with E-state index in [-0.39, 0.29) is 18.2 Å². The van der Waals surface area contributed by atoms with Gasteiger partial charge in [-0.1, -0.05) is 23.7 Å². The van der Waals surface area contributed by atoms with Gasteiger partial charge < -0.3 is 10.1 Å². The highest BCUT2D eigenvalue weighted by atomic mass is 35.5. The van der Waals surface area contributed by atoms with Crippen LogP contribution < -0.4 is 15.4 Å². The first-order chi connectivity index (χ1) is 12.6. The number of para-hydroxylation sites is 2. The molecule has 7 nitrogen and oxygen atoms in total. The van der Waals surface area contributed by atoms with Crippen LogP contribution in [0, 0.1) is 0 Å². The van der Waals surface area contributed by atoms with Crippen LogP contribution in [0.3, 0.4) is 0 Å². The van der Waals surface area contributed by atoms with Crippen molar-refractivity contribution in [3.05, 3.63) is 47.5 Å². The van der Waals surface area contributed by atoms with Gasteiger partial charge in [-0.3, -0.25) is 19.5 Å². The summed E-state index contributed by atoms with van der Waals surface area (Å²) in [4.78, 5) is 29.3. The number of nitrogens with zero attached hydrogens (tertiary/aromatic N) is 2. The van der Waals surface area contributed by atoms with Crippen molar-refractivity contribution in [2.24, 2.45) is 0 Å². The molecule has 0 saturated heterocycles. The van der Waals surface area contributed by atoms with Gasteiger partial charge in [0.2, 0.25) is 17.8 Å². The third-order valence-corrected chi connectivity index (χ3v) is 4.55. The second-order valence-corrected chi connectivity index (χ2v) is 6.31. The zero-order valence-corrected chi connectivity index (χ0v) is 14.6. The Labute approximate surface area is 153 Å². The number of hydrogen-bond donors (Lipinski definition) is 2. The lowest BCUT2D eigenvalue weighted by molar-refractivity contribution is -0.124. The minimum absolute atomic E-state index is 0.0308. The lowest BCUT2D eigenvalue weighted by Crippen LogP contribution is -2.35. The highest BCUT2D eigenvalue weighted by molar-refractivity contribution is 6.32. The standard InChI is InChI=1S/C18H15ClN4O3/c1-26-15-7-6-10(8-11(15)19)20-17(25)14-9-16(24)22-18-21-12-4-2-3-5-13(12)23(14)18/h2-8,14H,9H2,1H3,(H,20,25)(H,21,22,24). The fourth-order valence-electron chi connectivity index (χ4n) is 3.07. The molecule has 1 aliphatic heterocycles. The minimum atomic E-state index is -0.702. The van der Waals surface area contributed by atoms with Gasteiger partial charge in [0.25, 0.3) is 0 Å². The van der Waals surface area contributed by atoms with E-state index in [0.717, 1.165) is 11.0 Å². The Balaban J connectivity index is 1.68. The maximum Gasteiger partial charge on any atom is 0.248 e. The van der Waals surface area contributed by atoms with Crippen molar-refractivity contribution in [3.63, 3.8) is 0 Å². The fourth-order valence-corrected chi connectivity index (χ4v) is 3.33. The van der Waals surface area contributed by atoms with Crippen molar-refractivity contribution in [3.8, 4) is 5.75 Å². The number of imidazole rings is 1. The first-order valence-corrected chi connectivity index (χ1v) is 8.36. The Kier molecular flexibility index (Phi) is 4.00. The molecule has 2 amide bonds. The van der Waals surface area contributed by atoms with Crippen molar-refractivity contribution in [1.82, 2.24) is 9.55 Å². The molecule has 3 aromatic rings. The van der Waals surface area contributed by atoms with Gasteiger partial charge in [0.1, 0.15) is 11.8 Å². The van der Waals surface area contributed by atoms with Crippen molar-refractivity contribution >= 4 is 46.1 Å². The number of benzene rings is 2. The number of anilines is 2. The number of methoxy groups -OCH3 is 1. The monoisotopic (exact) mass is 370 g/mol. The van der Waals surface area contributed by atoms with Crippen molar-refractivity contribution in [2.45, 2.75) is 12.5 Å². The quantitative estimate of drug-likeness (QED) is 0.741. The van der Waals surface area contributed by atoms with Crippen LogP contribution in [0.2, 0.25) is 5.02 Å². The summed E-state index contributed by atoms with van der Waals surface area (Å²) in [6.45, 7) is 0. The van der Waals surface area contributed by atoms with Gasteiger partial charge in [0.05, 0.1) is 29.6 Å². The summed E-state index contributed by atoms with van der Waals surface area (Å²) < 4.78 is 6.86. The number of carbonyl (C=O) groups is 2. The molecule has 8 heteroatoms. The SMILES string of the molecule is COc1ccc(NC(=O)C2CC(=O)Nc3nc4ccccc4n32)cc1Cl. The fraction of sp³-hybridized carbons (Fsp3) is 0.167. The second kappa shape index (κ2) is 6.34. The Morgan fingerprint density at radius 1 is 1.35 bits per heavy atom. The number of aromatic nitrogens is 2. The first-order valence-electron chi connectivity index (χ1n) is 7.98. The molecule has 0 aliphatic carbocycles. The molecule has 1 unspecified atom stereocenters. The zero-order valence-electron chi connectivity index (χ0n) is 13.8. The number of fused-ring (bicyclic) bond motifs is 3. The number of nitrogens with one attached hydrogen (secondary N) is 2. The molecule has 1 aliphatic rings. The highest BCUT2D eigenvalue weighted by Crippen LogP contribution is 2.32. The van der Waals surface area contributed by atoms with Crippen LogP contribution in [0.25, 0.3) is 11.0 Å². The summed E-state index contributed by atoms with van der Waals surface area (Å²) in [6, 6.07) is 11.7. The summed E-state index contributed by atoms with van der Waals surface area (Å²) in [5.41, 5.74) is 2.03. The minimum Gasteiger partial charge on any atom is -0.495 e. The van der Waals surface area contributed by atoms with E-state index in [1.54, 1.807) is 22.8 Å². The second-order valence-electron chi connectivity index (χ2n) is 5.90. The molecule has 4 rings (SSSR count). The van der Waals surface area contributed by atoms with Gasteiger partial charge in [-0.2, -0.15) is 0 Å². The molecule has 1 aromatic heterocycles. The van der Waals surface area contributed by atoms with Crippen molar-refractivity contribution < 1.29 is 14.3 Å². The molecule has 2 N–H and O–H groups in total. The number of rotatable bonds is 3. The number of hydrogen-bond acceptors (Lipinski definition) is 4. The Morgan fingerprint density at radius 2 is 2.15 bits per heavy atom. The van der Waals surface area contributed by atoms with Gasteiger partial charge in [0.15, 0.2) is 0 Å². The van der Waals surface area contributed by atoms with E-state index in [4.69, 9.17) is 16.3 Å². The van der Waals surface area contributed by atoms with E-state index in [9.17, 15) is 9.59 Å². The van der Waals surface area contributed by atoms with Crippen molar-refractivity contribution in [1.29, 1.82) is 0 Å². The van der Waals surface area contributed by atoms with Crippen LogP contribution in [0.4, 0.5) is 11.6 Å². The number of amides is 2. The van der Waals surface area contributed by atoms with Gasteiger partial charge >= 0.3 is 0 Å². The Morgan fingerprint density at radius 3 is 2.92 bits per heavy atom. The third kappa shape index (κ3) is 2.76. The summed E-state index contributed by atoms with van der Waals surface area (Å²) in [6.07, 6.45) is 0.0308. The van der Waals surface area contributed by atoms with Gasteiger partial charge in [0, 0.05) is 5.69 Å². The van der Waals surface area contributed by atoms with Gasteiger partial charge in [-0.05, 0) is 30.3 Å². The van der Waals surface area contributed by atoms with Crippen LogP contribution in [0.1, 0.15) is 12.5 Å². The Bertz CT molecular complexity index is 1030. The summed E-state index contributed by atoms with van der Waals surface area (Å²) >= 11 is 6.11. The molecule has 2 aromatic carbocycles. The molecule has 0 bridgehead atoms. The smallest absolute Gasteiger partial charge is 0.248 e. The van der Waals surface area contributed by atoms with Crippen molar-refractivity contribution in [2.75, 3.05) is 17.7 Å². The topological polar surface area (TPSA) is 85.2 Å². The van der Waals surface area contributed by atoms with E-state index in [1.807, 2.05) is 24.3 Å². The van der Waals surface area contributed by atoms with Crippen LogP contribution >= 0.6 is 11.6 Å². The van der Waals surface area contributed by atoms with E-state index in [2.05, 4.69) is 15.6 Å². The molecular weight excluding hydrogens is 356 g/mol. The molecule has 2 heterocycles. The predicted molar refractivity (Wildman–Crippen MR) is 98.7 cm³/mol. The highest BCUT2D eigenvalue weighted by Gasteiger charge is 2.32. The molecular formula is C18H15ClN4O3. The van der Waals surface area contributed by atoms with E-state index >= 15 is 0 Å². The average Bonchev–Trinajstić information content (AvgIpc) is 2.99. The lowest BCUT2D eigenvalue weighted by atomic mass is 10.1. The summed E-state index contributed by atoms with van der Waals surface area (Å²) in [7, 11) is 1.52. The molecule has 0 radical (unpaired) electrons.